The Morgan fingerprint density at radius 3 is 2.67 bits per heavy atom. The zero-order valence-corrected chi connectivity index (χ0v) is 12.0. The summed E-state index contributed by atoms with van der Waals surface area (Å²) in [5.74, 6) is -0.898. The van der Waals surface area contributed by atoms with E-state index < -0.39 is 38.4 Å². The maximum atomic E-state index is 13.6. The van der Waals surface area contributed by atoms with Crippen LogP contribution in [0.15, 0.2) is 23.1 Å². The van der Waals surface area contributed by atoms with Gasteiger partial charge >= 0.3 is 0 Å². The predicted octanol–water partition coefficient (Wildman–Crippen LogP) is 0.517. The Bertz CT molecular complexity index is 663. The molecule has 114 valence electrons. The maximum Gasteiger partial charge on any atom is 0.242 e. The van der Waals surface area contributed by atoms with Crippen molar-refractivity contribution < 1.29 is 22.7 Å². The van der Waals surface area contributed by atoms with Gasteiger partial charge in [-0.3, -0.25) is 0 Å². The van der Waals surface area contributed by atoms with E-state index in [2.05, 4.69) is 4.72 Å². The van der Waals surface area contributed by atoms with Crippen LogP contribution in [0.4, 0.5) is 4.39 Å². The first kappa shape index (κ1) is 15.9. The van der Waals surface area contributed by atoms with Crippen molar-refractivity contribution in [1.29, 1.82) is 5.26 Å². The molecule has 8 heteroatoms. The standard InChI is InChI=1S/C13H15FN2O4S/c14-11-2-1-3-12(10(11)8-15)21(18,19)16-13(9-17)4-6-20-7-5-13/h1-3,16-17H,4-7,9H2. The van der Waals surface area contributed by atoms with Crippen molar-refractivity contribution in [3.63, 3.8) is 0 Å². The third-order valence-corrected chi connectivity index (χ3v) is 5.10. The maximum absolute atomic E-state index is 13.6. The van der Waals surface area contributed by atoms with Crippen LogP contribution < -0.4 is 4.72 Å². The van der Waals surface area contributed by atoms with Gasteiger partial charge in [-0.1, -0.05) is 6.07 Å². The number of benzene rings is 1. The second kappa shape index (κ2) is 6.07. The summed E-state index contributed by atoms with van der Waals surface area (Å²) in [6, 6.07) is 4.96. The highest BCUT2D eigenvalue weighted by atomic mass is 32.2. The Labute approximate surface area is 122 Å². The summed E-state index contributed by atoms with van der Waals surface area (Å²) in [4.78, 5) is -0.427. The van der Waals surface area contributed by atoms with Crippen LogP contribution in [0, 0.1) is 17.1 Å². The second-order valence-electron chi connectivity index (χ2n) is 4.88. The first-order chi connectivity index (χ1) is 9.94. The number of ether oxygens (including phenoxy) is 1. The summed E-state index contributed by atoms with van der Waals surface area (Å²) in [5.41, 5.74) is -1.58. The molecule has 6 nitrogen and oxygen atoms in total. The highest BCUT2D eigenvalue weighted by molar-refractivity contribution is 7.89. The molecule has 0 amide bonds. The normalized spacial score (nSPS) is 18.1. The van der Waals surface area contributed by atoms with Gasteiger partial charge in [-0.25, -0.2) is 17.5 Å². The molecule has 0 aliphatic carbocycles. The molecule has 0 saturated carbocycles. The summed E-state index contributed by atoms with van der Waals surface area (Å²) < 4.78 is 45.9. The van der Waals surface area contributed by atoms with Crippen LogP contribution in [-0.2, 0) is 14.8 Å². The Balaban J connectivity index is 2.39. The number of nitriles is 1. The van der Waals surface area contributed by atoms with E-state index in [0.29, 0.717) is 26.1 Å². The molecule has 1 saturated heterocycles. The van der Waals surface area contributed by atoms with Gasteiger partial charge in [-0.05, 0) is 25.0 Å². The predicted molar refractivity (Wildman–Crippen MR) is 71.3 cm³/mol. The Kier molecular flexibility index (Phi) is 4.58. The number of rotatable bonds is 4. The van der Waals surface area contributed by atoms with Crippen LogP contribution in [0.1, 0.15) is 18.4 Å². The summed E-state index contributed by atoms with van der Waals surface area (Å²) in [6.45, 7) is 0.238. The molecule has 21 heavy (non-hydrogen) atoms. The number of sulfonamides is 1. The van der Waals surface area contributed by atoms with Crippen LogP contribution in [0.2, 0.25) is 0 Å². The highest BCUT2D eigenvalue weighted by Crippen LogP contribution is 2.25. The smallest absolute Gasteiger partial charge is 0.242 e. The number of nitrogens with zero attached hydrogens (tertiary/aromatic N) is 1. The van der Waals surface area contributed by atoms with E-state index in [-0.39, 0.29) is 0 Å². The zero-order valence-electron chi connectivity index (χ0n) is 11.2. The molecule has 1 aromatic rings. The molecule has 1 aromatic carbocycles. The lowest BCUT2D eigenvalue weighted by Crippen LogP contribution is -2.54. The van der Waals surface area contributed by atoms with Crippen molar-refractivity contribution >= 4 is 10.0 Å². The lowest BCUT2D eigenvalue weighted by atomic mass is 9.93. The molecular weight excluding hydrogens is 299 g/mol. The van der Waals surface area contributed by atoms with Gasteiger partial charge in [-0.15, -0.1) is 0 Å². The number of hydrogen-bond donors (Lipinski definition) is 2. The number of nitrogens with one attached hydrogen (secondary N) is 1. The van der Waals surface area contributed by atoms with Gasteiger partial charge < -0.3 is 9.84 Å². The van der Waals surface area contributed by atoms with Crippen molar-refractivity contribution in [1.82, 2.24) is 4.72 Å². The molecule has 0 aromatic heterocycles. The number of halogens is 1. The van der Waals surface area contributed by atoms with Gasteiger partial charge in [-0.2, -0.15) is 5.26 Å². The molecule has 0 unspecified atom stereocenters. The second-order valence-corrected chi connectivity index (χ2v) is 6.53. The largest absolute Gasteiger partial charge is 0.394 e. The van der Waals surface area contributed by atoms with E-state index in [4.69, 9.17) is 10.00 Å². The zero-order chi connectivity index (χ0) is 15.5. The van der Waals surface area contributed by atoms with Crippen molar-refractivity contribution in [2.75, 3.05) is 19.8 Å². The molecule has 0 atom stereocenters. The SMILES string of the molecule is N#Cc1c(F)cccc1S(=O)(=O)NC1(CO)CCOCC1. The average Bonchev–Trinajstić information content (AvgIpc) is 2.47. The molecule has 0 radical (unpaired) electrons. The summed E-state index contributed by atoms with van der Waals surface area (Å²) >= 11 is 0. The third kappa shape index (κ3) is 3.22. The van der Waals surface area contributed by atoms with Crippen molar-refractivity contribution in [2.45, 2.75) is 23.3 Å². The van der Waals surface area contributed by atoms with Crippen LogP contribution in [0.25, 0.3) is 0 Å². The Morgan fingerprint density at radius 1 is 1.43 bits per heavy atom. The lowest BCUT2D eigenvalue weighted by molar-refractivity contribution is 0.0223. The van der Waals surface area contributed by atoms with Gasteiger partial charge in [0.1, 0.15) is 22.3 Å². The summed E-state index contributed by atoms with van der Waals surface area (Å²) in [5, 5.41) is 18.4. The van der Waals surface area contributed by atoms with Gasteiger partial charge in [0, 0.05) is 13.2 Å². The molecule has 1 aliphatic heterocycles. The van der Waals surface area contributed by atoms with Crippen LogP contribution in [-0.4, -0.2) is 38.9 Å². The highest BCUT2D eigenvalue weighted by Gasteiger charge is 2.37. The fourth-order valence-electron chi connectivity index (χ4n) is 2.23. The fourth-order valence-corrected chi connectivity index (χ4v) is 3.85. The summed E-state index contributed by atoms with van der Waals surface area (Å²) in [6.07, 6.45) is 0.611. The first-order valence-electron chi connectivity index (χ1n) is 6.35. The molecule has 0 spiro atoms. The monoisotopic (exact) mass is 314 g/mol. The van der Waals surface area contributed by atoms with E-state index >= 15 is 0 Å². The quantitative estimate of drug-likeness (QED) is 0.844. The van der Waals surface area contributed by atoms with Crippen LogP contribution in [0.5, 0.6) is 0 Å². The average molecular weight is 314 g/mol. The van der Waals surface area contributed by atoms with E-state index in [1.807, 2.05) is 0 Å². The van der Waals surface area contributed by atoms with E-state index in [1.54, 1.807) is 6.07 Å². The van der Waals surface area contributed by atoms with Gasteiger partial charge in [0.25, 0.3) is 0 Å². The van der Waals surface area contributed by atoms with Crippen LogP contribution >= 0.6 is 0 Å². The van der Waals surface area contributed by atoms with Gasteiger partial charge in [0.15, 0.2) is 0 Å². The topological polar surface area (TPSA) is 99.4 Å². The van der Waals surface area contributed by atoms with E-state index in [9.17, 15) is 17.9 Å². The van der Waals surface area contributed by atoms with Crippen molar-refractivity contribution in [3.05, 3.63) is 29.6 Å². The molecule has 1 fully saturated rings. The number of aliphatic hydroxyl groups is 1. The molecule has 1 heterocycles. The minimum Gasteiger partial charge on any atom is -0.394 e. The molecule has 2 N–H and O–H groups in total. The van der Waals surface area contributed by atoms with Gasteiger partial charge in [0.2, 0.25) is 10.0 Å². The first-order valence-corrected chi connectivity index (χ1v) is 7.84. The molecule has 0 bridgehead atoms. The van der Waals surface area contributed by atoms with E-state index in [0.717, 1.165) is 12.1 Å². The number of aliphatic hydroxyl groups excluding tert-OH is 1. The van der Waals surface area contributed by atoms with Crippen LogP contribution in [0.3, 0.4) is 0 Å². The molecule has 2 rings (SSSR count). The molecule has 1 aliphatic rings. The Hall–Kier alpha value is -1.53. The minimum atomic E-state index is -4.12. The Morgan fingerprint density at radius 2 is 2.10 bits per heavy atom. The summed E-state index contributed by atoms with van der Waals surface area (Å²) in [7, 11) is -4.12. The van der Waals surface area contributed by atoms with Gasteiger partial charge in [0.05, 0.1) is 12.1 Å². The van der Waals surface area contributed by atoms with Crippen molar-refractivity contribution in [3.8, 4) is 6.07 Å². The van der Waals surface area contributed by atoms with E-state index in [1.165, 1.54) is 6.07 Å². The minimum absolute atomic E-state index is 0.305. The molecular formula is C13H15FN2O4S. The fraction of sp³-hybridized carbons (Fsp3) is 0.462. The lowest BCUT2D eigenvalue weighted by Gasteiger charge is -2.35. The number of hydrogen-bond acceptors (Lipinski definition) is 5. The van der Waals surface area contributed by atoms with Crippen molar-refractivity contribution in [2.24, 2.45) is 0 Å². The third-order valence-electron chi connectivity index (χ3n) is 3.48.